The fourth-order valence-corrected chi connectivity index (χ4v) is 3.22. The van der Waals surface area contributed by atoms with Gasteiger partial charge in [0.25, 0.3) is 0 Å². The molecular formula is C19H31ClNO2+. The van der Waals surface area contributed by atoms with Crippen LogP contribution in [-0.4, -0.2) is 39.5 Å². The van der Waals surface area contributed by atoms with E-state index in [-0.39, 0.29) is 5.41 Å². The SMILES string of the molecule is CC(C)(C)c1cc(Cl)ccc1OCCOCC[NH+]1CCCCC1. The van der Waals surface area contributed by atoms with Gasteiger partial charge in [-0.2, -0.15) is 0 Å². The van der Waals surface area contributed by atoms with Crippen LogP contribution in [0.5, 0.6) is 5.75 Å². The first-order chi connectivity index (χ1) is 11.0. The lowest BCUT2D eigenvalue weighted by molar-refractivity contribution is -0.905. The van der Waals surface area contributed by atoms with Gasteiger partial charge in [-0.1, -0.05) is 32.4 Å². The van der Waals surface area contributed by atoms with Gasteiger partial charge < -0.3 is 14.4 Å². The molecule has 0 amide bonds. The summed E-state index contributed by atoms with van der Waals surface area (Å²) in [7, 11) is 0. The Labute approximate surface area is 145 Å². The Morgan fingerprint density at radius 3 is 2.48 bits per heavy atom. The second-order valence-corrected chi connectivity index (χ2v) is 7.85. The third-order valence-corrected chi connectivity index (χ3v) is 4.63. The van der Waals surface area contributed by atoms with Crippen molar-refractivity contribution in [3.8, 4) is 5.75 Å². The van der Waals surface area contributed by atoms with E-state index in [0.29, 0.717) is 13.2 Å². The minimum absolute atomic E-state index is 0.0126. The largest absolute Gasteiger partial charge is 0.491 e. The van der Waals surface area contributed by atoms with Crippen molar-refractivity contribution in [2.45, 2.75) is 45.4 Å². The molecular weight excluding hydrogens is 310 g/mol. The maximum atomic E-state index is 6.12. The van der Waals surface area contributed by atoms with Crippen LogP contribution >= 0.6 is 11.6 Å². The molecule has 4 heteroatoms. The van der Waals surface area contributed by atoms with E-state index in [9.17, 15) is 0 Å². The van der Waals surface area contributed by atoms with Crippen LogP contribution in [-0.2, 0) is 10.2 Å². The standard InChI is InChI=1S/C19H30ClNO2/c1-19(2,3)17-15-16(20)7-8-18(17)23-14-13-22-12-11-21-9-5-4-6-10-21/h7-8,15H,4-6,9-14H2,1-3H3/p+1. The van der Waals surface area contributed by atoms with Crippen LogP contribution in [0.1, 0.15) is 45.6 Å². The number of hydrogen-bond donors (Lipinski definition) is 1. The van der Waals surface area contributed by atoms with Crippen LogP contribution in [0, 0.1) is 0 Å². The van der Waals surface area contributed by atoms with Gasteiger partial charge in [-0.25, -0.2) is 0 Å². The molecule has 0 bridgehead atoms. The van der Waals surface area contributed by atoms with Gasteiger partial charge in [0.15, 0.2) is 0 Å². The Bertz CT molecular complexity index is 479. The van der Waals surface area contributed by atoms with E-state index in [1.54, 1.807) is 4.90 Å². The topological polar surface area (TPSA) is 22.9 Å². The number of benzene rings is 1. The van der Waals surface area contributed by atoms with Gasteiger partial charge in [0, 0.05) is 10.6 Å². The number of piperidine rings is 1. The van der Waals surface area contributed by atoms with E-state index in [0.717, 1.165) is 29.5 Å². The number of nitrogens with one attached hydrogen (secondary N) is 1. The summed E-state index contributed by atoms with van der Waals surface area (Å²) >= 11 is 6.12. The molecule has 1 saturated heterocycles. The first-order valence-electron chi connectivity index (χ1n) is 8.81. The normalized spacial score (nSPS) is 16.5. The quantitative estimate of drug-likeness (QED) is 0.771. The van der Waals surface area contributed by atoms with E-state index < -0.39 is 0 Å². The minimum Gasteiger partial charge on any atom is -0.491 e. The lowest BCUT2D eigenvalue weighted by atomic mass is 9.86. The van der Waals surface area contributed by atoms with Crippen LogP contribution in [0.4, 0.5) is 0 Å². The Kier molecular flexibility index (Phi) is 7.19. The predicted molar refractivity (Wildman–Crippen MR) is 95.9 cm³/mol. The lowest BCUT2D eigenvalue weighted by Crippen LogP contribution is -3.13. The van der Waals surface area contributed by atoms with E-state index in [1.165, 1.54) is 32.4 Å². The number of hydrogen-bond acceptors (Lipinski definition) is 2. The van der Waals surface area contributed by atoms with Crippen molar-refractivity contribution in [3.05, 3.63) is 28.8 Å². The number of ether oxygens (including phenoxy) is 2. The summed E-state index contributed by atoms with van der Waals surface area (Å²) in [6, 6.07) is 5.84. The van der Waals surface area contributed by atoms with Crippen molar-refractivity contribution < 1.29 is 14.4 Å². The maximum absolute atomic E-state index is 6.12. The molecule has 1 fully saturated rings. The summed E-state index contributed by atoms with van der Waals surface area (Å²) in [6.07, 6.45) is 4.13. The van der Waals surface area contributed by atoms with Crippen molar-refractivity contribution in [1.82, 2.24) is 0 Å². The summed E-state index contributed by atoms with van der Waals surface area (Å²) in [5.41, 5.74) is 1.15. The summed E-state index contributed by atoms with van der Waals surface area (Å²) in [5, 5.41) is 0.753. The van der Waals surface area contributed by atoms with Gasteiger partial charge >= 0.3 is 0 Å². The lowest BCUT2D eigenvalue weighted by Gasteiger charge is -2.24. The average molecular weight is 341 g/mol. The molecule has 0 atom stereocenters. The van der Waals surface area contributed by atoms with Gasteiger partial charge in [-0.15, -0.1) is 0 Å². The molecule has 0 aliphatic carbocycles. The van der Waals surface area contributed by atoms with Crippen molar-refractivity contribution in [3.63, 3.8) is 0 Å². The Hall–Kier alpha value is -0.770. The van der Waals surface area contributed by atoms with Crippen LogP contribution in [0.25, 0.3) is 0 Å². The fourth-order valence-electron chi connectivity index (χ4n) is 3.05. The molecule has 1 aliphatic heterocycles. The Morgan fingerprint density at radius 1 is 1.04 bits per heavy atom. The van der Waals surface area contributed by atoms with E-state index in [1.807, 2.05) is 18.2 Å². The monoisotopic (exact) mass is 340 g/mol. The molecule has 23 heavy (non-hydrogen) atoms. The zero-order valence-corrected chi connectivity index (χ0v) is 15.5. The third kappa shape index (κ3) is 6.33. The highest BCUT2D eigenvalue weighted by Gasteiger charge is 2.19. The molecule has 1 N–H and O–H groups in total. The smallest absolute Gasteiger partial charge is 0.123 e. The van der Waals surface area contributed by atoms with E-state index in [4.69, 9.17) is 21.1 Å². The third-order valence-electron chi connectivity index (χ3n) is 4.40. The molecule has 130 valence electrons. The highest BCUT2D eigenvalue weighted by Crippen LogP contribution is 2.33. The van der Waals surface area contributed by atoms with E-state index in [2.05, 4.69) is 20.8 Å². The van der Waals surface area contributed by atoms with Gasteiger partial charge in [0.1, 0.15) is 18.9 Å². The number of rotatable bonds is 7. The van der Waals surface area contributed by atoms with Crippen molar-refractivity contribution in [2.24, 2.45) is 0 Å². The van der Waals surface area contributed by atoms with E-state index >= 15 is 0 Å². The summed E-state index contributed by atoms with van der Waals surface area (Å²) in [5.74, 6) is 0.909. The minimum atomic E-state index is 0.0126. The zero-order valence-electron chi connectivity index (χ0n) is 14.8. The molecule has 0 spiro atoms. The van der Waals surface area contributed by atoms with Crippen LogP contribution in [0.3, 0.4) is 0 Å². The zero-order chi connectivity index (χ0) is 16.7. The van der Waals surface area contributed by atoms with Crippen molar-refractivity contribution in [2.75, 3.05) is 39.5 Å². The number of likely N-dealkylation sites (tertiary alicyclic amines) is 1. The van der Waals surface area contributed by atoms with Crippen molar-refractivity contribution >= 4 is 11.6 Å². The molecule has 0 aromatic heterocycles. The maximum Gasteiger partial charge on any atom is 0.123 e. The second kappa shape index (κ2) is 8.91. The number of halogens is 1. The van der Waals surface area contributed by atoms with Crippen LogP contribution < -0.4 is 9.64 Å². The summed E-state index contributed by atoms with van der Waals surface area (Å²) in [4.78, 5) is 1.69. The Balaban J connectivity index is 1.70. The highest BCUT2D eigenvalue weighted by molar-refractivity contribution is 6.30. The first-order valence-corrected chi connectivity index (χ1v) is 9.19. The van der Waals surface area contributed by atoms with Gasteiger partial charge in [0.05, 0.1) is 26.3 Å². The Morgan fingerprint density at radius 2 is 1.78 bits per heavy atom. The first kappa shape index (κ1) is 18.6. The molecule has 2 rings (SSSR count). The molecule has 1 heterocycles. The summed E-state index contributed by atoms with van der Waals surface area (Å²) in [6.45, 7) is 12.3. The molecule has 0 unspecified atom stereocenters. The van der Waals surface area contributed by atoms with Gasteiger partial charge in [-0.3, -0.25) is 0 Å². The molecule has 1 aromatic carbocycles. The van der Waals surface area contributed by atoms with Gasteiger partial charge in [0.2, 0.25) is 0 Å². The molecule has 3 nitrogen and oxygen atoms in total. The average Bonchev–Trinajstić information content (AvgIpc) is 2.52. The molecule has 1 aromatic rings. The van der Waals surface area contributed by atoms with Crippen molar-refractivity contribution in [1.29, 1.82) is 0 Å². The van der Waals surface area contributed by atoms with Crippen LogP contribution in [0.2, 0.25) is 5.02 Å². The molecule has 0 saturated carbocycles. The molecule has 0 radical (unpaired) electrons. The van der Waals surface area contributed by atoms with Gasteiger partial charge in [-0.05, 0) is 42.9 Å². The number of quaternary nitrogens is 1. The predicted octanol–water partition coefficient (Wildman–Crippen LogP) is 3.10. The second-order valence-electron chi connectivity index (χ2n) is 7.41. The van der Waals surface area contributed by atoms with Crippen LogP contribution in [0.15, 0.2) is 18.2 Å². The summed E-state index contributed by atoms with van der Waals surface area (Å²) < 4.78 is 11.7. The fraction of sp³-hybridized carbons (Fsp3) is 0.684. The highest BCUT2D eigenvalue weighted by atomic mass is 35.5. The molecule has 1 aliphatic rings.